The minimum absolute atomic E-state index is 0.0949. The molecule has 2 rings (SSSR count). The summed E-state index contributed by atoms with van der Waals surface area (Å²) < 4.78 is 0. The predicted octanol–water partition coefficient (Wildman–Crippen LogP) is 0.980. The van der Waals surface area contributed by atoms with Gasteiger partial charge in [0.15, 0.2) is 10.9 Å². The van der Waals surface area contributed by atoms with Gasteiger partial charge >= 0.3 is 0 Å². The molecule has 96 valence electrons. The molecule has 1 saturated heterocycles. The summed E-state index contributed by atoms with van der Waals surface area (Å²) in [6, 6.07) is 7.33. The topological polar surface area (TPSA) is 61.4 Å². The molecule has 0 aliphatic carbocycles. The summed E-state index contributed by atoms with van der Waals surface area (Å²) in [7, 11) is 0. The SMILES string of the molecule is Cc1ccc(C(=O)C2CNC(=S)NC2(C)O)cc1. The highest BCUT2D eigenvalue weighted by Gasteiger charge is 2.41. The van der Waals surface area contributed by atoms with Crippen molar-refractivity contribution in [3.63, 3.8) is 0 Å². The minimum Gasteiger partial charge on any atom is -0.370 e. The molecular formula is C13H16N2O2S. The molecule has 0 aromatic heterocycles. The van der Waals surface area contributed by atoms with E-state index in [9.17, 15) is 9.90 Å². The van der Waals surface area contributed by atoms with Crippen LogP contribution in [0.15, 0.2) is 24.3 Å². The predicted molar refractivity (Wildman–Crippen MR) is 73.4 cm³/mol. The second-order valence-electron chi connectivity index (χ2n) is 4.77. The smallest absolute Gasteiger partial charge is 0.172 e. The van der Waals surface area contributed by atoms with Crippen molar-refractivity contribution in [1.29, 1.82) is 0 Å². The van der Waals surface area contributed by atoms with Gasteiger partial charge in [-0.25, -0.2) is 0 Å². The number of aliphatic hydroxyl groups is 1. The lowest BCUT2D eigenvalue weighted by molar-refractivity contribution is -0.0131. The summed E-state index contributed by atoms with van der Waals surface area (Å²) in [5.41, 5.74) is 0.381. The largest absolute Gasteiger partial charge is 0.370 e. The Bertz CT molecular complexity index is 482. The van der Waals surface area contributed by atoms with E-state index in [1.54, 1.807) is 19.1 Å². The molecular weight excluding hydrogens is 248 g/mol. The standard InChI is InChI=1S/C13H16N2O2S/c1-8-3-5-9(6-4-8)11(16)10-7-14-12(18)15-13(10,2)17/h3-6,10,17H,7H2,1-2H3,(H2,14,15,18). The number of hydrogen-bond donors (Lipinski definition) is 3. The highest BCUT2D eigenvalue weighted by molar-refractivity contribution is 7.80. The van der Waals surface area contributed by atoms with Crippen LogP contribution in [0.2, 0.25) is 0 Å². The van der Waals surface area contributed by atoms with E-state index >= 15 is 0 Å². The Morgan fingerprint density at radius 3 is 2.61 bits per heavy atom. The zero-order valence-electron chi connectivity index (χ0n) is 10.4. The third-order valence-corrected chi connectivity index (χ3v) is 3.41. The quantitative estimate of drug-likeness (QED) is 0.549. The Labute approximate surface area is 111 Å². The van der Waals surface area contributed by atoms with Crippen molar-refractivity contribution in [2.75, 3.05) is 6.54 Å². The second kappa shape index (κ2) is 4.66. The van der Waals surface area contributed by atoms with Crippen molar-refractivity contribution in [3.8, 4) is 0 Å². The summed E-state index contributed by atoms with van der Waals surface area (Å²) in [5.74, 6) is -0.658. The molecule has 0 spiro atoms. The number of carbonyl (C=O) groups excluding carboxylic acids is 1. The first kappa shape index (κ1) is 13.0. The van der Waals surface area contributed by atoms with Crippen molar-refractivity contribution in [2.45, 2.75) is 19.6 Å². The zero-order valence-corrected chi connectivity index (χ0v) is 11.2. The van der Waals surface area contributed by atoms with Gasteiger partial charge in [-0.3, -0.25) is 4.79 Å². The van der Waals surface area contributed by atoms with Gasteiger partial charge in [-0.1, -0.05) is 29.8 Å². The number of Topliss-reactive ketones (excluding diaryl/α,β-unsaturated/α-hetero) is 1. The van der Waals surface area contributed by atoms with Crippen LogP contribution in [0.4, 0.5) is 0 Å². The lowest BCUT2D eigenvalue weighted by atomic mass is 9.87. The number of rotatable bonds is 2. The average Bonchev–Trinajstić information content (AvgIpc) is 2.28. The molecule has 0 saturated carbocycles. The monoisotopic (exact) mass is 264 g/mol. The van der Waals surface area contributed by atoms with Crippen LogP contribution in [0.5, 0.6) is 0 Å². The van der Waals surface area contributed by atoms with Crippen molar-refractivity contribution in [2.24, 2.45) is 5.92 Å². The molecule has 5 heteroatoms. The molecule has 1 aliphatic heterocycles. The highest BCUT2D eigenvalue weighted by Crippen LogP contribution is 2.22. The molecule has 3 N–H and O–H groups in total. The first-order valence-corrected chi connectivity index (χ1v) is 6.20. The van der Waals surface area contributed by atoms with E-state index < -0.39 is 11.6 Å². The first-order valence-electron chi connectivity index (χ1n) is 5.79. The van der Waals surface area contributed by atoms with Crippen molar-refractivity contribution in [3.05, 3.63) is 35.4 Å². The zero-order chi connectivity index (χ0) is 13.3. The summed E-state index contributed by atoms with van der Waals surface area (Å²) in [6.07, 6.45) is 0. The van der Waals surface area contributed by atoms with Crippen LogP contribution >= 0.6 is 12.2 Å². The maximum atomic E-state index is 12.4. The number of hydrogen-bond acceptors (Lipinski definition) is 3. The first-order chi connectivity index (χ1) is 8.40. The van der Waals surface area contributed by atoms with Crippen LogP contribution in [0, 0.1) is 12.8 Å². The molecule has 4 nitrogen and oxygen atoms in total. The number of aryl methyl sites for hydroxylation is 1. The molecule has 1 aromatic rings. The van der Waals surface area contributed by atoms with Crippen LogP contribution in [-0.2, 0) is 0 Å². The average molecular weight is 264 g/mol. The Morgan fingerprint density at radius 2 is 2.06 bits per heavy atom. The van der Waals surface area contributed by atoms with Gasteiger partial charge in [-0.05, 0) is 26.1 Å². The van der Waals surface area contributed by atoms with Crippen molar-refractivity contribution in [1.82, 2.24) is 10.6 Å². The summed E-state index contributed by atoms with van der Waals surface area (Å²) in [4.78, 5) is 12.4. The van der Waals surface area contributed by atoms with E-state index in [4.69, 9.17) is 12.2 Å². The van der Waals surface area contributed by atoms with Gasteiger partial charge in [0, 0.05) is 12.1 Å². The van der Waals surface area contributed by atoms with Crippen LogP contribution in [0.3, 0.4) is 0 Å². The van der Waals surface area contributed by atoms with Gasteiger partial charge in [0.05, 0.1) is 5.92 Å². The molecule has 2 atom stereocenters. The lowest BCUT2D eigenvalue weighted by Crippen LogP contribution is -2.64. The Morgan fingerprint density at radius 1 is 1.44 bits per heavy atom. The van der Waals surface area contributed by atoms with Crippen molar-refractivity contribution >= 4 is 23.1 Å². The van der Waals surface area contributed by atoms with E-state index in [1.165, 1.54) is 0 Å². The maximum Gasteiger partial charge on any atom is 0.172 e. The minimum atomic E-state index is -1.32. The van der Waals surface area contributed by atoms with Gasteiger partial charge in [0.25, 0.3) is 0 Å². The fraction of sp³-hybridized carbons (Fsp3) is 0.385. The van der Waals surface area contributed by atoms with Crippen LogP contribution in [0.1, 0.15) is 22.8 Å². The Kier molecular flexibility index (Phi) is 3.36. The molecule has 1 fully saturated rings. The third kappa shape index (κ3) is 2.52. The molecule has 18 heavy (non-hydrogen) atoms. The summed E-state index contributed by atoms with van der Waals surface area (Å²) in [6.45, 7) is 3.87. The second-order valence-corrected chi connectivity index (χ2v) is 5.17. The molecule has 1 heterocycles. The molecule has 0 amide bonds. The molecule has 0 bridgehead atoms. The number of benzene rings is 1. The van der Waals surface area contributed by atoms with Crippen LogP contribution < -0.4 is 10.6 Å². The van der Waals surface area contributed by atoms with Crippen molar-refractivity contribution < 1.29 is 9.90 Å². The van der Waals surface area contributed by atoms with Crippen LogP contribution in [-0.4, -0.2) is 28.3 Å². The Balaban J connectivity index is 2.23. The van der Waals surface area contributed by atoms with E-state index in [0.29, 0.717) is 17.2 Å². The van der Waals surface area contributed by atoms with E-state index in [-0.39, 0.29) is 5.78 Å². The molecule has 1 aliphatic rings. The molecule has 0 radical (unpaired) electrons. The number of thiocarbonyl (C=S) groups is 1. The number of carbonyl (C=O) groups is 1. The molecule has 2 unspecified atom stereocenters. The van der Waals surface area contributed by atoms with Gasteiger partial charge in [-0.15, -0.1) is 0 Å². The summed E-state index contributed by atoms with van der Waals surface area (Å²) in [5, 5.41) is 16.2. The van der Waals surface area contributed by atoms with E-state index in [2.05, 4.69) is 10.6 Å². The Hall–Kier alpha value is -1.46. The van der Waals surface area contributed by atoms with Gasteiger partial charge < -0.3 is 15.7 Å². The van der Waals surface area contributed by atoms with Gasteiger partial charge in [0.2, 0.25) is 0 Å². The van der Waals surface area contributed by atoms with Gasteiger partial charge in [0.1, 0.15) is 5.72 Å². The van der Waals surface area contributed by atoms with Crippen LogP contribution in [0.25, 0.3) is 0 Å². The fourth-order valence-electron chi connectivity index (χ4n) is 2.02. The lowest BCUT2D eigenvalue weighted by Gasteiger charge is -2.38. The van der Waals surface area contributed by atoms with E-state index in [1.807, 2.05) is 19.1 Å². The van der Waals surface area contributed by atoms with Gasteiger partial charge in [-0.2, -0.15) is 0 Å². The fourth-order valence-corrected chi connectivity index (χ4v) is 2.31. The number of nitrogens with one attached hydrogen (secondary N) is 2. The number of ketones is 1. The third-order valence-electron chi connectivity index (χ3n) is 3.16. The summed E-state index contributed by atoms with van der Waals surface area (Å²) >= 11 is 4.93. The normalized spacial score (nSPS) is 27.3. The molecule has 1 aromatic carbocycles. The van der Waals surface area contributed by atoms with E-state index in [0.717, 1.165) is 5.56 Å². The maximum absolute atomic E-state index is 12.4. The highest BCUT2D eigenvalue weighted by atomic mass is 32.1.